The lowest BCUT2D eigenvalue weighted by Crippen LogP contribution is -2.26. The van der Waals surface area contributed by atoms with Gasteiger partial charge in [0.1, 0.15) is 12.3 Å². The molecule has 0 bridgehead atoms. The predicted octanol–water partition coefficient (Wildman–Crippen LogP) is 4.16. The minimum Gasteiger partial charge on any atom is -0.508 e. The second-order valence-corrected chi connectivity index (χ2v) is 6.45. The molecule has 0 unspecified atom stereocenters. The fourth-order valence-electron chi connectivity index (χ4n) is 2.94. The van der Waals surface area contributed by atoms with Crippen LogP contribution in [0.25, 0.3) is 10.9 Å². The molecule has 1 heterocycles. The summed E-state index contributed by atoms with van der Waals surface area (Å²) in [5, 5.41) is 12.4. The van der Waals surface area contributed by atoms with Gasteiger partial charge in [0.2, 0.25) is 5.91 Å². The number of fused-ring (bicyclic) bond motifs is 1. The molecule has 5 nitrogen and oxygen atoms in total. The molecule has 0 saturated heterocycles. The second kappa shape index (κ2) is 9.90. The SMILES string of the molecule is O=Cc1cn(CC(=O)NCc2ccccc2)c2ccccc12.Oc1ccccc1. The number of hydrogen-bond donors (Lipinski definition) is 2. The maximum atomic E-state index is 12.1. The van der Waals surface area contributed by atoms with Crippen molar-refractivity contribution in [2.24, 2.45) is 0 Å². The first-order valence-corrected chi connectivity index (χ1v) is 9.25. The quantitative estimate of drug-likeness (QED) is 0.506. The highest BCUT2D eigenvalue weighted by Crippen LogP contribution is 2.19. The second-order valence-electron chi connectivity index (χ2n) is 6.45. The lowest BCUT2D eigenvalue weighted by molar-refractivity contribution is -0.121. The van der Waals surface area contributed by atoms with Gasteiger partial charge in [-0.25, -0.2) is 0 Å². The van der Waals surface area contributed by atoms with E-state index in [-0.39, 0.29) is 12.5 Å². The maximum absolute atomic E-state index is 12.1. The Morgan fingerprint density at radius 2 is 1.52 bits per heavy atom. The number of para-hydroxylation sites is 2. The summed E-state index contributed by atoms with van der Waals surface area (Å²) < 4.78 is 1.80. The van der Waals surface area contributed by atoms with E-state index in [4.69, 9.17) is 5.11 Å². The first kappa shape index (κ1) is 19.9. The van der Waals surface area contributed by atoms with Crippen LogP contribution in [0.3, 0.4) is 0 Å². The highest BCUT2D eigenvalue weighted by molar-refractivity contribution is 5.98. The number of carbonyl (C=O) groups excluding carboxylic acids is 2. The fourth-order valence-corrected chi connectivity index (χ4v) is 2.94. The van der Waals surface area contributed by atoms with Gasteiger partial charge in [0, 0.05) is 29.2 Å². The van der Waals surface area contributed by atoms with Gasteiger partial charge in [0.25, 0.3) is 0 Å². The van der Waals surface area contributed by atoms with Crippen molar-refractivity contribution in [2.75, 3.05) is 0 Å². The third kappa shape index (κ3) is 5.56. The van der Waals surface area contributed by atoms with Crippen molar-refractivity contribution >= 4 is 23.1 Å². The van der Waals surface area contributed by atoms with Gasteiger partial charge in [-0.05, 0) is 23.8 Å². The number of aromatic hydroxyl groups is 1. The summed E-state index contributed by atoms with van der Waals surface area (Å²) >= 11 is 0. The van der Waals surface area contributed by atoms with E-state index in [0.29, 0.717) is 17.9 Å². The van der Waals surface area contributed by atoms with E-state index < -0.39 is 0 Å². The van der Waals surface area contributed by atoms with Crippen molar-refractivity contribution < 1.29 is 14.7 Å². The van der Waals surface area contributed by atoms with E-state index in [0.717, 1.165) is 22.8 Å². The van der Waals surface area contributed by atoms with E-state index in [1.807, 2.05) is 60.7 Å². The van der Waals surface area contributed by atoms with Gasteiger partial charge in [-0.1, -0.05) is 66.7 Å². The molecule has 0 aliphatic carbocycles. The van der Waals surface area contributed by atoms with Gasteiger partial charge in [-0.15, -0.1) is 0 Å². The number of phenols is 1. The zero-order chi connectivity index (χ0) is 20.5. The molecule has 0 spiro atoms. The average molecular weight is 386 g/mol. The van der Waals surface area contributed by atoms with E-state index >= 15 is 0 Å². The highest BCUT2D eigenvalue weighted by Gasteiger charge is 2.10. The van der Waals surface area contributed by atoms with Crippen LogP contribution in [0.4, 0.5) is 0 Å². The average Bonchev–Trinajstić information content (AvgIpc) is 3.12. The molecule has 0 radical (unpaired) electrons. The summed E-state index contributed by atoms with van der Waals surface area (Å²) in [6, 6.07) is 26.1. The summed E-state index contributed by atoms with van der Waals surface area (Å²) in [5.41, 5.74) is 2.55. The molecule has 146 valence electrons. The normalized spacial score (nSPS) is 10.1. The zero-order valence-corrected chi connectivity index (χ0v) is 15.9. The number of rotatable bonds is 5. The molecule has 0 saturated carbocycles. The van der Waals surface area contributed by atoms with Crippen LogP contribution < -0.4 is 5.32 Å². The molecule has 5 heteroatoms. The lowest BCUT2D eigenvalue weighted by atomic mass is 10.2. The van der Waals surface area contributed by atoms with Crippen LogP contribution in [0, 0.1) is 0 Å². The Labute approximate surface area is 169 Å². The Morgan fingerprint density at radius 3 is 2.14 bits per heavy atom. The minimum absolute atomic E-state index is 0.0814. The van der Waals surface area contributed by atoms with Gasteiger partial charge in [-0.2, -0.15) is 0 Å². The van der Waals surface area contributed by atoms with E-state index in [9.17, 15) is 9.59 Å². The van der Waals surface area contributed by atoms with Crippen molar-refractivity contribution in [3.8, 4) is 5.75 Å². The molecule has 0 fully saturated rings. The Hall–Kier alpha value is -3.86. The van der Waals surface area contributed by atoms with Crippen LogP contribution in [-0.4, -0.2) is 21.9 Å². The van der Waals surface area contributed by atoms with Gasteiger partial charge in [0.05, 0.1) is 0 Å². The number of carbonyl (C=O) groups is 2. The van der Waals surface area contributed by atoms with Crippen molar-refractivity contribution in [1.29, 1.82) is 0 Å². The van der Waals surface area contributed by atoms with Crippen LogP contribution in [0.15, 0.2) is 91.1 Å². The molecular weight excluding hydrogens is 364 g/mol. The van der Waals surface area contributed by atoms with Crippen LogP contribution in [0.5, 0.6) is 5.75 Å². The Kier molecular flexibility index (Phi) is 6.79. The van der Waals surface area contributed by atoms with E-state index in [2.05, 4.69) is 5.32 Å². The number of benzene rings is 3. The predicted molar refractivity (Wildman–Crippen MR) is 114 cm³/mol. The van der Waals surface area contributed by atoms with Gasteiger partial charge in [0.15, 0.2) is 6.29 Å². The first-order chi connectivity index (χ1) is 14.2. The van der Waals surface area contributed by atoms with E-state index in [1.165, 1.54) is 0 Å². The number of aromatic nitrogens is 1. The lowest BCUT2D eigenvalue weighted by Gasteiger charge is -2.07. The van der Waals surface area contributed by atoms with Crippen LogP contribution >= 0.6 is 0 Å². The minimum atomic E-state index is -0.0814. The number of nitrogens with one attached hydrogen (secondary N) is 1. The zero-order valence-electron chi connectivity index (χ0n) is 15.9. The van der Waals surface area contributed by atoms with Crippen molar-refractivity contribution in [2.45, 2.75) is 13.1 Å². The first-order valence-electron chi connectivity index (χ1n) is 9.25. The van der Waals surface area contributed by atoms with Crippen molar-refractivity contribution in [3.05, 3.63) is 102 Å². The Morgan fingerprint density at radius 1 is 0.897 bits per heavy atom. The fraction of sp³-hybridized carbons (Fsp3) is 0.0833. The highest BCUT2D eigenvalue weighted by atomic mass is 16.3. The van der Waals surface area contributed by atoms with Crippen LogP contribution in [0.1, 0.15) is 15.9 Å². The molecule has 3 aromatic carbocycles. The third-order valence-electron chi connectivity index (χ3n) is 4.35. The van der Waals surface area contributed by atoms with Gasteiger partial charge < -0.3 is 15.0 Å². The van der Waals surface area contributed by atoms with Gasteiger partial charge >= 0.3 is 0 Å². The standard InChI is InChI=1S/C18H16N2O2.C6H6O/c21-13-15-11-20(17-9-5-4-8-16(15)17)12-18(22)19-10-14-6-2-1-3-7-14;7-6-4-2-1-3-5-6/h1-9,11,13H,10,12H2,(H,19,22);1-5,7H. The molecule has 1 amide bonds. The van der Waals surface area contributed by atoms with Crippen molar-refractivity contribution in [1.82, 2.24) is 9.88 Å². The summed E-state index contributed by atoms with van der Waals surface area (Å²) in [4.78, 5) is 23.2. The molecule has 0 aliphatic rings. The monoisotopic (exact) mass is 386 g/mol. The molecule has 0 aliphatic heterocycles. The summed E-state index contributed by atoms with van der Waals surface area (Å²) in [5.74, 6) is 0.240. The Bertz CT molecular complexity index is 1070. The number of aldehydes is 1. The van der Waals surface area contributed by atoms with Gasteiger partial charge in [-0.3, -0.25) is 9.59 Å². The van der Waals surface area contributed by atoms with E-state index in [1.54, 1.807) is 35.0 Å². The number of amides is 1. The number of phenolic OH excluding ortho intramolecular Hbond substituents is 1. The smallest absolute Gasteiger partial charge is 0.240 e. The molecule has 2 N–H and O–H groups in total. The summed E-state index contributed by atoms with van der Waals surface area (Å²) in [6.45, 7) is 0.695. The third-order valence-corrected chi connectivity index (χ3v) is 4.35. The molecule has 0 atom stereocenters. The molecule has 4 aromatic rings. The number of hydrogen-bond acceptors (Lipinski definition) is 3. The van der Waals surface area contributed by atoms with Crippen molar-refractivity contribution in [3.63, 3.8) is 0 Å². The molecule has 1 aromatic heterocycles. The topological polar surface area (TPSA) is 71.3 Å². The maximum Gasteiger partial charge on any atom is 0.240 e. The molecular formula is C24H22N2O3. The number of nitrogens with zero attached hydrogens (tertiary/aromatic N) is 1. The molecule has 4 rings (SSSR count). The summed E-state index contributed by atoms with van der Waals surface area (Å²) in [7, 11) is 0. The molecule has 29 heavy (non-hydrogen) atoms. The van der Waals surface area contributed by atoms with Crippen LogP contribution in [-0.2, 0) is 17.9 Å². The summed E-state index contributed by atoms with van der Waals surface area (Å²) in [6.07, 6.45) is 2.54. The largest absolute Gasteiger partial charge is 0.508 e. The van der Waals surface area contributed by atoms with Crippen LogP contribution in [0.2, 0.25) is 0 Å². The Balaban J connectivity index is 0.000000290.